The maximum atomic E-state index is 12.2. The molecule has 0 aliphatic rings. The smallest absolute Gasteiger partial charge is 0.271 e. The number of aromatic hydroxyl groups is 2. The van der Waals surface area contributed by atoms with Crippen molar-refractivity contribution in [2.24, 2.45) is 5.10 Å². The first-order valence-corrected chi connectivity index (χ1v) is 9.77. The zero-order valence-electron chi connectivity index (χ0n) is 17.3. The average molecular weight is 457 g/mol. The van der Waals surface area contributed by atoms with Crippen LogP contribution in [0.5, 0.6) is 28.7 Å². The van der Waals surface area contributed by atoms with Crippen molar-refractivity contribution in [3.8, 4) is 28.7 Å². The Hall–Kier alpha value is -3.91. The lowest BCUT2D eigenvalue weighted by Gasteiger charge is -2.15. The Morgan fingerprint density at radius 3 is 2.28 bits per heavy atom. The van der Waals surface area contributed by atoms with Gasteiger partial charge in [-0.2, -0.15) is 5.10 Å². The highest BCUT2D eigenvalue weighted by Gasteiger charge is 2.14. The van der Waals surface area contributed by atoms with Crippen LogP contribution in [0.4, 0.5) is 0 Å². The third kappa shape index (κ3) is 5.61. The largest absolute Gasteiger partial charge is 0.508 e. The minimum absolute atomic E-state index is 0.0685. The molecule has 9 heteroatoms. The highest BCUT2D eigenvalue weighted by atomic mass is 35.5. The minimum Gasteiger partial charge on any atom is -0.508 e. The van der Waals surface area contributed by atoms with Crippen molar-refractivity contribution in [1.82, 2.24) is 5.43 Å². The maximum Gasteiger partial charge on any atom is 0.271 e. The topological polar surface area (TPSA) is 110 Å². The van der Waals surface area contributed by atoms with Gasteiger partial charge in [0.25, 0.3) is 5.91 Å². The fourth-order valence-electron chi connectivity index (χ4n) is 2.74. The van der Waals surface area contributed by atoms with Crippen LogP contribution in [-0.4, -0.2) is 36.6 Å². The Labute approximate surface area is 189 Å². The number of phenolic OH excluding ortho intramolecular Hbond substituents is 2. The van der Waals surface area contributed by atoms with Gasteiger partial charge in [-0.25, -0.2) is 5.43 Å². The Bertz CT molecular complexity index is 1110. The number of rotatable bonds is 8. The first-order valence-electron chi connectivity index (χ1n) is 9.40. The van der Waals surface area contributed by atoms with Crippen molar-refractivity contribution in [3.05, 3.63) is 76.3 Å². The summed E-state index contributed by atoms with van der Waals surface area (Å²) in [6, 6.07) is 14.1. The highest BCUT2D eigenvalue weighted by Crippen LogP contribution is 2.38. The molecule has 3 aromatic rings. The van der Waals surface area contributed by atoms with E-state index in [1.165, 1.54) is 38.6 Å². The zero-order chi connectivity index (χ0) is 23.1. The molecule has 3 N–H and O–H groups in total. The van der Waals surface area contributed by atoms with Gasteiger partial charge >= 0.3 is 0 Å². The number of amides is 1. The molecule has 0 saturated carbocycles. The van der Waals surface area contributed by atoms with Crippen LogP contribution in [0.3, 0.4) is 0 Å². The standard InChI is InChI=1S/C23H21ClN2O6/c1-30-20-9-15(12-25-26-23(29)16-5-8-19(28)18(24)11-16)10-21(31-2)22(20)32-13-14-3-6-17(27)7-4-14/h3-12,27-28H,13H2,1-2H3,(H,26,29)/b25-12+. The van der Waals surface area contributed by atoms with E-state index >= 15 is 0 Å². The van der Waals surface area contributed by atoms with Crippen LogP contribution in [0.15, 0.2) is 59.7 Å². The van der Waals surface area contributed by atoms with Gasteiger partial charge in [-0.15, -0.1) is 0 Å². The van der Waals surface area contributed by atoms with E-state index in [-0.39, 0.29) is 28.7 Å². The molecule has 0 fully saturated rings. The van der Waals surface area contributed by atoms with Gasteiger partial charge in [-0.3, -0.25) is 4.79 Å². The number of hydrazone groups is 1. The normalized spacial score (nSPS) is 10.7. The molecule has 0 atom stereocenters. The number of hydrogen-bond donors (Lipinski definition) is 3. The van der Waals surface area contributed by atoms with Gasteiger partial charge in [0.05, 0.1) is 25.5 Å². The van der Waals surface area contributed by atoms with E-state index in [1.807, 2.05) is 0 Å². The van der Waals surface area contributed by atoms with Crippen molar-refractivity contribution >= 4 is 23.7 Å². The second-order valence-electron chi connectivity index (χ2n) is 6.57. The lowest BCUT2D eigenvalue weighted by Crippen LogP contribution is -2.17. The van der Waals surface area contributed by atoms with Crippen LogP contribution in [0, 0.1) is 0 Å². The van der Waals surface area contributed by atoms with Gasteiger partial charge < -0.3 is 24.4 Å². The summed E-state index contributed by atoms with van der Waals surface area (Å²) < 4.78 is 16.7. The maximum absolute atomic E-state index is 12.2. The monoisotopic (exact) mass is 456 g/mol. The van der Waals surface area contributed by atoms with Crippen LogP contribution in [0.2, 0.25) is 5.02 Å². The van der Waals surface area contributed by atoms with E-state index in [0.717, 1.165) is 5.56 Å². The Morgan fingerprint density at radius 2 is 1.69 bits per heavy atom. The Morgan fingerprint density at radius 1 is 1.03 bits per heavy atom. The van der Waals surface area contributed by atoms with E-state index < -0.39 is 5.91 Å². The molecule has 0 saturated heterocycles. The summed E-state index contributed by atoms with van der Waals surface area (Å²) in [6.07, 6.45) is 1.43. The van der Waals surface area contributed by atoms with Crippen LogP contribution < -0.4 is 19.6 Å². The summed E-state index contributed by atoms with van der Waals surface area (Å²) in [6.45, 7) is 0.242. The molecule has 166 valence electrons. The molecule has 3 aromatic carbocycles. The van der Waals surface area contributed by atoms with Crippen LogP contribution in [0.1, 0.15) is 21.5 Å². The van der Waals surface area contributed by atoms with E-state index in [2.05, 4.69) is 10.5 Å². The van der Waals surface area contributed by atoms with Crippen molar-refractivity contribution in [2.75, 3.05) is 14.2 Å². The molecule has 0 unspecified atom stereocenters. The number of methoxy groups -OCH3 is 2. The summed E-state index contributed by atoms with van der Waals surface area (Å²) in [5, 5.41) is 22.9. The summed E-state index contributed by atoms with van der Waals surface area (Å²) in [5.74, 6) is 0.813. The molecule has 0 bridgehead atoms. The van der Waals surface area contributed by atoms with E-state index in [4.69, 9.17) is 25.8 Å². The molecule has 3 rings (SSSR count). The second kappa shape index (κ2) is 10.4. The molecule has 0 aliphatic heterocycles. The first kappa shape index (κ1) is 22.8. The third-order valence-electron chi connectivity index (χ3n) is 4.39. The summed E-state index contributed by atoms with van der Waals surface area (Å²) >= 11 is 5.82. The predicted molar refractivity (Wildman–Crippen MR) is 120 cm³/mol. The fourth-order valence-corrected chi connectivity index (χ4v) is 2.92. The molecule has 32 heavy (non-hydrogen) atoms. The molecule has 0 aliphatic carbocycles. The average Bonchev–Trinajstić information content (AvgIpc) is 2.80. The van der Waals surface area contributed by atoms with Crippen molar-refractivity contribution in [2.45, 2.75) is 6.61 Å². The third-order valence-corrected chi connectivity index (χ3v) is 4.69. The van der Waals surface area contributed by atoms with E-state index in [9.17, 15) is 15.0 Å². The molecule has 0 radical (unpaired) electrons. The summed E-state index contributed by atoms with van der Waals surface area (Å²) in [7, 11) is 3.00. The minimum atomic E-state index is -0.490. The summed E-state index contributed by atoms with van der Waals surface area (Å²) in [4.78, 5) is 12.2. The number of phenols is 2. The quantitative estimate of drug-likeness (QED) is 0.347. The van der Waals surface area contributed by atoms with Crippen LogP contribution >= 0.6 is 11.6 Å². The summed E-state index contributed by atoms with van der Waals surface area (Å²) in [5.41, 5.74) is 4.09. The number of benzene rings is 3. The molecule has 0 heterocycles. The number of nitrogens with zero attached hydrogens (tertiary/aromatic N) is 1. The number of carbonyl (C=O) groups excluding carboxylic acids is 1. The van der Waals surface area contributed by atoms with Crippen molar-refractivity contribution in [3.63, 3.8) is 0 Å². The first-order chi connectivity index (χ1) is 15.4. The Balaban J connectivity index is 1.73. The molecule has 8 nitrogen and oxygen atoms in total. The lowest BCUT2D eigenvalue weighted by atomic mass is 10.2. The molecular formula is C23H21ClN2O6. The number of nitrogens with one attached hydrogen (secondary N) is 1. The zero-order valence-corrected chi connectivity index (χ0v) is 18.1. The number of carbonyl (C=O) groups is 1. The fraction of sp³-hybridized carbons (Fsp3) is 0.130. The van der Waals surface area contributed by atoms with Crippen LogP contribution in [0.25, 0.3) is 0 Å². The van der Waals surface area contributed by atoms with E-state index in [1.54, 1.807) is 36.4 Å². The van der Waals surface area contributed by atoms with Gasteiger partial charge in [0.2, 0.25) is 5.75 Å². The predicted octanol–water partition coefficient (Wildman–Crippen LogP) is 4.11. The molecular weight excluding hydrogens is 436 g/mol. The lowest BCUT2D eigenvalue weighted by molar-refractivity contribution is 0.0955. The molecule has 0 aromatic heterocycles. The van der Waals surface area contributed by atoms with Gasteiger partial charge in [0.15, 0.2) is 11.5 Å². The van der Waals surface area contributed by atoms with Gasteiger partial charge in [0.1, 0.15) is 18.1 Å². The second-order valence-corrected chi connectivity index (χ2v) is 6.98. The van der Waals surface area contributed by atoms with Gasteiger partial charge in [-0.1, -0.05) is 23.7 Å². The van der Waals surface area contributed by atoms with Gasteiger partial charge in [0, 0.05) is 11.1 Å². The van der Waals surface area contributed by atoms with Crippen LogP contribution in [-0.2, 0) is 6.61 Å². The van der Waals surface area contributed by atoms with Gasteiger partial charge in [-0.05, 0) is 48.0 Å². The highest BCUT2D eigenvalue weighted by molar-refractivity contribution is 6.32. The Kier molecular flexibility index (Phi) is 7.41. The SMILES string of the molecule is COc1cc(/C=N/NC(=O)c2ccc(O)c(Cl)c2)cc(OC)c1OCc1ccc(O)cc1. The van der Waals surface area contributed by atoms with Crippen molar-refractivity contribution < 1.29 is 29.2 Å². The van der Waals surface area contributed by atoms with E-state index in [0.29, 0.717) is 22.8 Å². The number of ether oxygens (including phenoxy) is 3. The molecule has 1 amide bonds. The number of hydrogen-bond acceptors (Lipinski definition) is 7. The molecule has 0 spiro atoms. The number of halogens is 1. The van der Waals surface area contributed by atoms with Crippen molar-refractivity contribution in [1.29, 1.82) is 0 Å².